The van der Waals surface area contributed by atoms with Crippen LogP contribution in [-0.2, 0) is 4.79 Å². The van der Waals surface area contributed by atoms with Crippen LogP contribution in [0, 0.1) is 5.41 Å². The van der Waals surface area contributed by atoms with E-state index in [-0.39, 0.29) is 11.3 Å². The third kappa shape index (κ3) is 3.00. The van der Waals surface area contributed by atoms with Crippen LogP contribution in [0.1, 0.15) is 29.6 Å². The molecule has 0 radical (unpaired) electrons. The Labute approximate surface area is 152 Å². The number of carbonyl (C=O) groups excluding carboxylic acids is 1. The quantitative estimate of drug-likeness (QED) is 0.860. The molecule has 0 unspecified atom stereocenters. The van der Waals surface area contributed by atoms with Crippen LogP contribution in [0.5, 0.6) is 11.5 Å². The van der Waals surface area contributed by atoms with Crippen molar-refractivity contribution in [3.8, 4) is 11.5 Å². The zero-order chi connectivity index (χ0) is 18.3. The Morgan fingerprint density at radius 1 is 1.15 bits per heavy atom. The largest absolute Gasteiger partial charge is 0.486 e. The predicted molar refractivity (Wildman–Crippen MR) is 93.7 cm³/mol. The SMILES string of the molecule is CN1CC2(CCN(C(=O)c3ccc4c(c3)OCCO4)CC2)C[C@H]1C(=O)O. The highest BCUT2D eigenvalue weighted by Crippen LogP contribution is 2.43. The molecule has 4 rings (SSSR count). The van der Waals surface area contributed by atoms with Crippen LogP contribution in [0.2, 0.25) is 0 Å². The second-order valence-electron chi connectivity index (χ2n) is 7.62. The van der Waals surface area contributed by atoms with Crippen LogP contribution in [-0.4, -0.2) is 72.7 Å². The summed E-state index contributed by atoms with van der Waals surface area (Å²) >= 11 is 0. The molecular formula is C19H24N2O5. The van der Waals surface area contributed by atoms with Gasteiger partial charge in [0, 0.05) is 25.2 Å². The summed E-state index contributed by atoms with van der Waals surface area (Å²) in [5, 5.41) is 9.36. The first-order chi connectivity index (χ1) is 12.5. The summed E-state index contributed by atoms with van der Waals surface area (Å²) in [4.78, 5) is 28.0. The van der Waals surface area contributed by atoms with Gasteiger partial charge in [-0.25, -0.2) is 0 Å². The number of fused-ring (bicyclic) bond motifs is 1. The van der Waals surface area contributed by atoms with Gasteiger partial charge in [-0.3, -0.25) is 14.5 Å². The number of carbonyl (C=O) groups is 2. The number of aliphatic carboxylic acids is 1. The van der Waals surface area contributed by atoms with E-state index in [1.54, 1.807) is 18.2 Å². The minimum absolute atomic E-state index is 0.00189. The number of likely N-dealkylation sites (N-methyl/N-ethyl adjacent to an activating group) is 1. The molecule has 0 aliphatic carbocycles. The molecule has 3 aliphatic rings. The van der Waals surface area contributed by atoms with Crippen molar-refractivity contribution in [2.75, 3.05) is 39.9 Å². The smallest absolute Gasteiger partial charge is 0.320 e. The van der Waals surface area contributed by atoms with Crippen molar-refractivity contribution in [1.82, 2.24) is 9.80 Å². The van der Waals surface area contributed by atoms with Gasteiger partial charge >= 0.3 is 5.97 Å². The number of hydrogen-bond acceptors (Lipinski definition) is 5. The summed E-state index contributed by atoms with van der Waals surface area (Å²) in [7, 11) is 1.88. The Hall–Kier alpha value is -2.28. The molecular weight excluding hydrogens is 336 g/mol. The van der Waals surface area contributed by atoms with Gasteiger partial charge in [0.1, 0.15) is 19.3 Å². The van der Waals surface area contributed by atoms with Crippen LogP contribution in [0.25, 0.3) is 0 Å². The van der Waals surface area contributed by atoms with E-state index in [9.17, 15) is 14.7 Å². The van der Waals surface area contributed by atoms with Gasteiger partial charge in [0.2, 0.25) is 0 Å². The standard InChI is InChI=1S/C19H24N2O5/c1-20-12-19(11-14(20)18(23)24)4-6-21(7-5-19)17(22)13-2-3-15-16(10-13)26-9-8-25-15/h2-3,10,14H,4-9,11-12H2,1H3,(H,23,24)/t14-/m0/s1. The van der Waals surface area contributed by atoms with E-state index in [1.807, 2.05) is 16.8 Å². The second-order valence-corrected chi connectivity index (χ2v) is 7.62. The number of carboxylic acid groups (broad SMARTS) is 1. The molecule has 1 aromatic rings. The maximum atomic E-state index is 12.9. The van der Waals surface area contributed by atoms with Crippen LogP contribution in [0.15, 0.2) is 18.2 Å². The minimum atomic E-state index is -0.751. The lowest BCUT2D eigenvalue weighted by molar-refractivity contribution is -0.141. The fraction of sp³-hybridized carbons (Fsp3) is 0.579. The highest BCUT2D eigenvalue weighted by molar-refractivity contribution is 5.95. The van der Waals surface area contributed by atoms with E-state index < -0.39 is 12.0 Å². The number of benzene rings is 1. The summed E-state index contributed by atoms with van der Waals surface area (Å²) in [6.45, 7) is 3.13. The molecule has 1 atom stereocenters. The lowest BCUT2D eigenvalue weighted by Crippen LogP contribution is -2.44. The first-order valence-electron chi connectivity index (χ1n) is 9.09. The van der Waals surface area contributed by atoms with Crippen molar-refractivity contribution in [1.29, 1.82) is 0 Å². The molecule has 1 spiro atoms. The van der Waals surface area contributed by atoms with E-state index in [1.165, 1.54) is 0 Å². The van der Waals surface area contributed by atoms with Gasteiger partial charge in [0.25, 0.3) is 5.91 Å². The van der Waals surface area contributed by atoms with Crippen LogP contribution >= 0.6 is 0 Å². The summed E-state index contributed by atoms with van der Waals surface area (Å²) in [6, 6.07) is 4.92. The molecule has 7 heteroatoms. The normalized spacial score (nSPS) is 24.7. The molecule has 1 N–H and O–H groups in total. The average molecular weight is 360 g/mol. The Kier molecular flexibility index (Phi) is 4.26. The summed E-state index contributed by atoms with van der Waals surface area (Å²) in [5.41, 5.74) is 0.624. The Morgan fingerprint density at radius 2 is 1.85 bits per heavy atom. The van der Waals surface area contributed by atoms with Crippen molar-refractivity contribution >= 4 is 11.9 Å². The highest BCUT2D eigenvalue weighted by atomic mass is 16.6. The van der Waals surface area contributed by atoms with Crippen LogP contribution in [0.4, 0.5) is 0 Å². The third-order valence-corrected chi connectivity index (χ3v) is 5.93. The van der Waals surface area contributed by atoms with E-state index in [2.05, 4.69) is 0 Å². The van der Waals surface area contributed by atoms with Crippen molar-refractivity contribution in [2.45, 2.75) is 25.3 Å². The molecule has 0 aromatic heterocycles. The van der Waals surface area contributed by atoms with E-state index in [0.717, 1.165) is 19.4 Å². The molecule has 26 heavy (non-hydrogen) atoms. The first-order valence-corrected chi connectivity index (χ1v) is 9.09. The average Bonchev–Trinajstić information content (AvgIpc) is 2.97. The molecule has 3 heterocycles. The maximum absolute atomic E-state index is 12.9. The van der Waals surface area contributed by atoms with Crippen molar-refractivity contribution in [3.63, 3.8) is 0 Å². The number of hydrogen-bond donors (Lipinski definition) is 1. The molecule has 7 nitrogen and oxygen atoms in total. The van der Waals surface area contributed by atoms with Gasteiger partial charge in [0.05, 0.1) is 0 Å². The van der Waals surface area contributed by atoms with Crippen LogP contribution < -0.4 is 9.47 Å². The molecule has 1 aromatic carbocycles. The van der Waals surface area contributed by atoms with Gasteiger partial charge in [-0.2, -0.15) is 0 Å². The number of likely N-dealkylation sites (tertiary alicyclic amines) is 2. The number of rotatable bonds is 2. The number of ether oxygens (including phenoxy) is 2. The number of carboxylic acids is 1. The fourth-order valence-electron chi connectivity index (χ4n) is 4.45. The number of amides is 1. The predicted octanol–water partition coefficient (Wildman–Crippen LogP) is 1.47. The van der Waals surface area contributed by atoms with Gasteiger partial charge in [0.15, 0.2) is 11.5 Å². The van der Waals surface area contributed by atoms with Crippen molar-refractivity contribution in [2.24, 2.45) is 5.41 Å². The van der Waals surface area contributed by atoms with E-state index in [4.69, 9.17) is 9.47 Å². The fourth-order valence-corrected chi connectivity index (χ4v) is 4.45. The van der Waals surface area contributed by atoms with Crippen molar-refractivity contribution < 1.29 is 24.2 Å². The lowest BCUT2D eigenvalue weighted by atomic mass is 9.76. The number of nitrogens with zero attached hydrogens (tertiary/aromatic N) is 2. The van der Waals surface area contributed by atoms with Gasteiger partial charge < -0.3 is 19.5 Å². The zero-order valence-corrected chi connectivity index (χ0v) is 14.9. The molecule has 2 fully saturated rings. The molecule has 0 bridgehead atoms. The Morgan fingerprint density at radius 3 is 2.50 bits per heavy atom. The molecule has 0 saturated carbocycles. The van der Waals surface area contributed by atoms with Gasteiger partial charge in [-0.15, -0.1) is 0 Å². The lowest BCUT2D eigenvalue weighted by Gasteiger charge is -2.39. The maximum Gasteiger partial charge on any atom is 0.320 e. The molecule has 140 valence electrons. The minimum Gasteiger partial charge on any atom is -0.486 e. The van der Waals surface area contributed by atoms with Crippen LogP contribution in [0.3, 0.4) is 0 Å². The van der Waals surface area contributed by atoms with Crippen molar-refractivity contribution in [3.05, 3.63) is 23.8 Å². The van der Waals surface area contributed by atoms with Gasteiger partial charge in [-0.05, 0) is 49.9 Å². The highest BCUT2D eigenvalue weighted by Gasteiger charge is 2.47. The summed E-state index contributed by atoms with van der Waals surface area (Å²) in [5.74, 6) is 0.550. The first kappa shape index (κ1) is 17.1. The number of piperidine rings is 1. The molecule has 3 aliphatic heterocycles. The monoisotopic (exact) mass is 360 g/mol. The third-order valence-electron chi connectivity index (χ3n) is 5.93. The van der Waals surface area contributed by atoms with E-state index >= 15 is 0 Å². The molecule has 2 saturated heterocycles. The zero-order valence-electron chi connectivity index (χ0n) is 14.9. The molecule has 1 amide bonds. The van der Waals surface area contributed by atoms with Gasteiger partial charge in [-0.1, -0.05) is 0 Å². The summed E-state index contributed by atoms with van der Waals surface area (Å²) in [6.07, 6.45) is 2.36. The Balaban J connectivity index is 1.42. The summed E-state index contributed by atoms with van der Waals surface area (Å²) < 4.78 is 11.1. The van der Waals surface area contributed by atoms with E-state index in [0.29, 0.717) is 49.8 Å². The second kappa shape index (κ2) is 6.46. The Bertz CT molecular complexity index is 727. The topological polar surface area (TPSA) is 79.3 Å².